The number of imidazole rings is 1. The van der Waals surface area contributed by atoms with Crippen LogP contribution in [0.3, 0.4) is 0 Å². The Bertz CT molecular complexity index is 1400. The minimum absolute atomic E-state index is 0. The van der Waals surface area contributed by atoms with Gasteiger partial charge in [-0.15, -0.1) is 24.0 Å². The van der Waals surface area contributed by atoms with Crippen LogP contribution in [0.5, 0.6) is 0 Å². The lowest BCUT2D eigenvalue weighted by molar-refractivity contribution is 0.132. The third-order valence-electron chi connectivity index (χ3n) is 6.84. The molecule has 202 valence electrons. The summed E-state index contributed by atoms with van der Waals surface area (Å²) in [5, 5.41) is 3.04. The molecular formula is C27H33F2IN8. The van der Waals surface area contributed by atoms with Crippen LogP contribution in [0.2, 0.25) is 0 Å². The molecule has 38 heavy (non-hydrogen) atoms. The van der Waals surface area contributed by atoms with Crippen LogP contribution in [-0.2, 0) is 6.54 Å². The molecule has 1 aliphatic rings. The average Bonchev–Trinajstić information content (AvgIpc) is 3.23. The minimum atomic E-state index is -0.636. The third kappa shape index (κ3) is 5.94. The Balaban J connectivity index is 0.00000336. The summed E-state index contributed by atoms with van der Waals surface area (Å²) in [5.74, 6) is 0.275. The van der Waals surface area contributed by atoms with Crippen LogP contribution in [0.15, 0.2) is 36.7 Å². The van der Waals surface area contributed by atoms with Gasteiger partial charge in [-0.2, -0.15) is 0 Å². The van der Waals surface area contributed by atoms with Gasteiger partial charge in [-0.3, -0.25) is 4.90 Å². The van der Waals surface area contributed by atoms with E-state index in [1.54, 1.807) is 6.07 Å². The van der Waals surface area contributed by atoms with Gasteiger partial charge in [-0.1, -0.05) is 13.0 Å². The minimum Gasteiger partial charge on any atom is -0.326 e. The van der Waals surface area contributed by atoms with E-state index in [-0.39, 0.29) is 47.2 Å². The van der Waals surface area contributed by atoms with E-state index in [2.05, 4.69) is 42.0 Å². The first-order chi connectivity index (χ1) is 17.8. The molecule has 0 radical (unpaired) electrons. The summed E-state index contributed by atoms with van der Waals surface area (Å²) in [6, 6.07) is 6.94. The van der Waals surface area contributed by atoms with Gasteiger partial charge >= 0.3 is 0 Å². The van der Waals surface area contributed by atoms with Crippen molar-refractivity contribution in [3.05, 3.63) is 59.7 Å². The maximum atomic E-state index is 14.9. The fourth-order valence-electron chi connectivity index (χ4n) is 4.92. The van der Waals surface area contributed by atoms with Crippen molar-refractivity contribution in [1.29, 1.82) is 0 Å². The largest absolute Gasteiger partial charge is 0.326 e. The summed E-state index contributed by atoms with van der Waals surface area (Å²) < 4.78 is 31.7. The molecule has 3 aromatic heterocycles. The normalized spacial score (nSPS) is 14.7. The number of benzene rings is 1. The maximum absolute atomic E-state index is 14.9. The van der Waals surface area contributed by atoms with Crippen molar-refractivity contribution in [2.45, 2.75) is 40.3 Å². The molecule has 0 aliphatic carbocycles. The highest BCUT2D eigenvalue weighted by Gasteiger charge is 2.19. The van der Waals surface area contributed by atoms with E-state index in [1.165, 1.54) is 6.07 Å². The first kappa shape index (κ1) is 28.2. The highest BCUT2D eigenvalue weighted by molar-refractivity contribution is 14.0. The van der Waals surface area contributed by atoms with Gasteiger partial charge in [0.15, 0.2) is 11.6 Å². The lowest BCUT2D eigenvalue weighted by Gasteiger charge is -2.33. The average molecular weight is 635 g/mol. The molecule has 4 aromatic rings. The molecule has 1 saturated heterocycles. The van der Waals surface area contributed by atoms with Crippen molar-refractivity contribution >= 4 is 46.8 Å². The van der Waals surface area contributed by atoms with E-state index in [9.17, 15) is 8.78 Å². The summed E-state index contributed by atoms with van der Waals surface area (Å²) in [4.78, 5) is 22.1. The van der Waals surface area contributed by atoms with Crippen LogP contribution in [0, 0.1) is 18.6 Å². The van der Waals surface area contributed by atoms with Crippen LogP contribution in [-0.4, -0.2) is 67.0 Å². The van der Waals surface area contributed by atoms with Gasteiger partial charge in [0.1, 0.15) is 22.9 Å². The number of aromatic nitrogens is 5. The van der Waals surface area contributed by atoms with Crippen LogP contribution in [0.4, 0.5) is 20.5 Å². The third-order valence-corrected chi connectivity index (χ3v) is 6.84. The van der Waals surface area contributed by atoms with Crippen molar-refractivity contribution in [3.63, 3.8) is 0 Å². The molecule has 4 heterocycles. The monoisotopic (exact) mass is 634 g/mol. The molecule has 1 N–H and O–H groups in total. The zero-order chi connectivity index (χ0) is 26.1. The van der Waals surface area contributed by atoms with E-state index in [4.69, 9.17) is 0 Å². The van der Waals surface area contributed by atoms with Crippen LogP contribution < -0.4 is 5.32 Å². The van der Waals surface area contributed by atoms with Gasteiger partial charge < -0.3 is 14.8 Å². The molecule has 5 rings (SSSR count). The second-order valence-electron chi connectivity index (χ2n) is 9.73. The predicted molar refractivity (Wildman–Crippen MR) is 156 cm³/mol. The van der Waals surface area contributed by atoms with Crippen molar-refractivity contribution in [2.24, 2.45) is 0 Å². The first-order valence-electron chi connectivity index (χ1n) is 12.7. The zero-order valence-corrected chi connectivity index (χ0v) is 24.4. The lowest BCUT2D eigenvalue weighted by atomic mass is 10.1. The Labute approximate surface area is 238 Å². The van der Waals surface area contributed by atoms with Gasteiger partial charge in [0.25, 0.3) is 0 Å². The molecule has 0 unspecified atom stereocenters. The number of aryl methyl sites for hydroxylation is 1. The summed E-state index contributed by atoms with van der Waals surface area (Å²) in [5.41, 5.74) is 2.32. The van der Waals surface area contributed by atoms with Gasteiger partial charge in [-0.25, -0.2) is 28.7 Å². The number of hydrogen-bond acceptors (Lipinski definition) is 7. The van der Waals surface area contributed by atoms with Crippen molar-refractivity contribution in [2.75, 3.05) is 38.0 Å². The Hall–Kier alpha value is -2.77. The van der Waals surface area contributed by atoms with Gasteiger partial charge in [0, 0.05) is 50.5 Å². The fourth-order valence-corrected chi connectivity index (χ4v) is 4.92. The summed E-state index contributed by atoms with van der Waals surface area (Å²) in [6.45, 7) is 14.2. The Morgan fingerprint density at radius 1 is 0.947 bits per heavy atom. The predicted octanol–water partition coefficient (Wildman–Crippen LogP) is 5.55. The number of fused-ring (bicyclic) bond motifs is 1. The molecule has 8 nitrogen and oxygen atoms in total. The van der Waals surface area contributed by atoms with E-state index in [1.807, 2.05) is 43.7 Å². The molecular weight excluding hydrogens is 601 g/mol. The first-order valence-corrected chi connectivity index (χ1v) is 12.7. The highest BCUT2D eigenvalue weighted by Crippen LogP contribution is 2.30. The number of rotatable bonds is 7. The smallest absolute Gasteiger partial charge is 0.229 e. The molecule has 0 bridgehead atoms. The molecule has 0 saturated carbocycles. The number of anilines is 2. The molecule has 11 heteroatoms. The molecule has 1 fully saturated rings. The van der Waals surface area contributed by atoms with Crippen LogP contribution >= 0.6 is 24.0 Å². The molecule has 1 aliphatic heterocycles. The van der Waals surface area contributed by atoms with Crippen molar-refractivity contribution in [3.8, 4) is 11.3 Å². The number of likely N-dealkylation sites (N-methyl/N-ethyl adjacent to an activating group) is 1. The number of halogens is 3. The zero-order valence-electron chi connectivity index (χ0n) is 22.1. The molecule has 0 amide bonds. The quantitative estimate of drug-likeness (QED) is 0.267. The molecule has 0 spiro atoms. The number of piperazine rings is 1. The second-order valence-corrected chi connectivity index (χ2v) is 9.73. The number of nitrogens with one attached hydrogen (secondary N) is 1. The molecule has 1 aromatic carbocycles. The van der Waals surface area contributed by atoms with Gasteiger partial charge in [-0.05, 0) is 51.1 Å². The van der Waals surface area contributed by atoms with Gasteiger partial charge in [0.05, 0.1) is 11.7 Å². The van der Waals surface area contributed by atoms with E-state index in [0.717, 1.165) is 51.0 Å². The summed E-state index contributed by atoms with van der Waals surface area (Å²) in [7, 11) is 0. The van der Waals surface area contributed by atoms with E-state index in [0.29, 0.717) is 22.7 Å². The number of pyridine rings is 1. The number of nitrogens with zero attached hydrogens (tertiary/aromatic N) is 7. The SMILES string of the molecule is CCN1CCN(Cc2ccc(Nc3ncc(F)c(-c4cc(F)c5nc(C)n(C(C)C)c5c4)n3)nc2)CC1.I. The van der Waals surface area contributed by atoms with Crippen LogP contribution in [0.1, 0.15) is 38.2 Å². The Kier molecular flexibility index (Phi) is 8.89. The summed E-state index contributed by atoms with van der Waals surface area (Å²) in [6.07, 6.45) is 2.92. The van der Waals surface area contributed by atoms with Crippen LogP contribution in [0.25, 0.3) is 22.3 Å². The Morgan fingerprint density at radius 3 is 2.34 bits per heavy atom. The lowest BCUT2D eigenvalue weighted by Crippen LogP contribution is -2.45. The number of hydrogen-bond donors (Lipinski definition) is 1. The van der Waals surface area contributed by atoms with Crippen molar-refractivity contribution < 1.29 is 8.78 Å². The summed E-state index contributed by atoms with van der Waals surface area (Å²) >= 11 is 0. The van der Waals surface area contributed by atoms with E-state index < -0.39 is 11.6 Å². The second kappa shape index (κ2) is 12.0. The Morgan fingerprint density at radius 2 is 1.68 bits per heavy atom. The fraction of sp³-hybridized carbons (Fsp3) is 0.407. The van der Waals surface area contributed by atoms with Crippen molar-refractivity contribution in [1.82, 2.24) is 34.3 Å². The van der Waals surface area contributed by atoms with Gasteiger partial charge in [0.2, 0.25) is 5.95 Å². The van der Waals surface area contributed by atoms with E-state index >= 15 is 0 Å². The molecule has 0 atom stereocenters. The maximum Gasteiger partial charge on any atom is 0.229 e. The standard InChI is InChI=1S/C27H32F2N8.HI/c1-5-35-8-10-36(11-9-35)16-19-6-7-24(30-14-19)33-27-31-15-22(29)25(34-27)20-12-21(28)26-23(13-20)37(17(2)3)18(4)32-26;/h6-7,12-15,17H,5,8-11,16H2,1-4H3,(H,30,31,33,34);1H. The topological polar surface area (TPSA) is 75.0 Å². The highest BCUT2D eigenvalue weighted by atomic mass is 127.